The summed E-state index contributed by atoms with van der Waals surface area (Å²) in [6, 6.07) is 9.16. The Morgan fingerprint density at radius 3 is 2.69 bits per heavy atom. The van der Waals surface area contributed by atoms with Gasteiger partial charge in [0.25, 0.3) is 5.22 Å². The van der Waals surface area contributed by atoms with Crippen LogP contribution in [0.1, 0.15) is 20.3 Å². The Bertz CT molecular complexity index is 867. The van der Waals surface area contributed by atoms with Crippen LogP contribution in [0.4, 0.5) is 0 Å². The molecular formula is C17H21N3O4S2. The van der Waals surface area contributed by atoms with Crippen molar-refractivity contribution in [3.8, 4) is 11.5 Å². The molecule has 1 fully saturated rings. The van der Waals surface area contributed by atoms with E-state index in [1.54, 1.807) is 11.8 Å². The molecule has 1 aliphatic rings. The Morgan fingerprint density at radius 1 is 1.35 bits per heavy atom. The van der Waals surface area contributed by atoms with Gasteiger partial charge < -0.3 is 9.32 Å². The lowest BCUT2D eigenvalue weighted by Crippen LogP contribution is -2.44. The molecule has 0 radical (unpaired) electrons. The van der Waals surface area contributed by atoms with Gasteiger partial charge in [0.1, 0.15) is 0 Å². The van der Waals surface area contributed by atoms with Crippen molar-refractivity contribution < 1.29 is 17.6 Å². The third-order valence-corrected chi connectivity index (χ3v) is 7.00. The molecule has 1 amide bonds. The lowest BCUT2D eigenvalue weighted by molar-refractivity contribution is -0.131. The SMILES string of the molecule is CCN(C(=O)[C@H](C)Sc1nnc(-c2ccccc2)o1)[C@@H]1CCS(=O)(=O)C1. The highest BCUT2D eigenvalue weighted by atomic mass is 32.2. The van der Waals surface area contributed by atoms with Crippen molar-refractivity contribution in [2.24, 2.45) is 0 Å². The molecule has 1 aliphatic heterocycles. The molecule has 0 saturated carbocycles. The van der Waals surface area contributed by atoms with E-state index in [4.69, 9.17) is 4.42 Å². The molecule has 7 nitrogen and oxygen atoms in total. The summed E-state index contributed by atoms with van der Waals surface area (Å²) < 4.78 is 29.0. The van der Waals surface area contributed by atoms with Crippen LogP contribution in [0, 0.1) is 0 Å². The normalized spacial score (nSPS) is 20.0. The molecule has 1 aromatic carbocycles. The molecular weight excluding hydrogens is 374 g/mol. The van der Waals surface area contributed by atoms with Crippen LogP contribution in [-0.4, -0.2) is 58.8 Å². The minimum atomic E-state index is -3.04. The van der Waals surface area contributed by atoms with Crippen LogP contribution in [0.15, 0.2) is 40.0 Å². The lowest BCUT2D eigenvalue weighted by atomic mass is 10.2. The summed E-state index contributed by atoms with van der Waals surface area (Å²) in [4.78, 5) is 14.4. The van der Waals surface area contributed by atoms with Crippen LogP contribution >= 0.6 is 11.8 Å². The highest BCUT2D eigenvalue weighted by Gasteiger charge is 2.35. The van der Waals surface area contributed by atoms with Crippen molar-refractivity contribution >= 4 is 27.5 Å². The van der Waals surface area contributed by atoms with E-state index in [1.165, 1.54) is 11.8 Å². The monoisotopic (exact) mass is 395 g/mol. The smallest absolute Gasteiger partial charge is 0.277 e. The van der Waals surface area contributed by atoms with Gasteiger partial charge in [-0.2, -0.15) is 0 Å². The van der Waals surface area contributed by atoms with Crippen LogP contribution in [0.25, 0.3) is 11.5 Å². The second-order valence-corrected chi connectivity index (χ2v) is 9.70. The fourth-order valence-corrected chi connectivity index (χ4v) is 5.49. The number of hydrogen-bond donors (Lipinski definition) is 0. The van der Waals surface area contributed by atoms with Gasteiger partial charge in [-0.05, 0) is 32.4 Å². The van der Waals surface area contributed by atoms with Gasteiger partial charge in [-0.3, -0.25) is 4.79 Å². The summed E-state index contributed by atoms with van der Waals surface area (Å²) in [6.45, 7) is 4.11. The first kappa shape index (κ1) is 18.9. The Balaban J connectivity index is 1.66. The molecule has 9 heteroatoms. The van der Waals surface area contributed by atoms with Crippen LogP contribution in [0.2, 0.25) is 0 Å². The molecule has 2 atom stereocenters. The third kappa shape index (κ3) is 4.27. The minimum absolute atomic E-state index is 0.0443. The third-order valence-electron chi connectivity index (χ3n) is 4.33. The molecule has 3 rings (SSSR count). The van der Waals surface area contributed by atoms with Crippen molar-refractivity contribution in [1.29, 1.82) is 0 Å². The number of carbonyl (C=O) groups excluding carboxylic acids is 1. The van der Waals surface area contributed by atoms with E-state index in [1.807, 2.05) is 37.3 Å². The maximum absolute atomic E-state index is 12.8. The quantitative estimate of drug-likeness (QED) is 0.693. The first-order chi connectivity index (χ1) is 12.4. The predicted molar refractivity (Wildman–Crippen MR) is 99.5 cm³/mol. The highest BCUT2D eigenvalue weighted by molar-refractivity contribution is 8.00. The Labute approximate surface area is 157 Å². The van der Waals surface area contributed by atoms with Crippen LogP contribution in [-0.2, 0) is 14.6 Å². The summed E-state index contributed by atoms with van der Waals surface area (Å²) in [7, 11) is -3.04. The molecule has 140 valence electrons. The van der Waals surface area contributed by atoms with E-state index in [0.29, 0.717) is 24.1 Å². The van der Waals surface area contributed by atoms with Crippen molar-refractivity contribution in [1.82, 2.24) is 15.1 Å². The summed E-state index contributed by atoms with van der Waals surface area (Å²) in [5.41, 5.74) is 0.817. The fraction of sp³-hybridized carbons (Fsp3) is 0.471. The number of thioether (sulfide) groups is 1. The molecule has 0 N–H and O–H groups in total. The van der Waals surface area contributed by atoms with E-state index in [0.717, 1.165) is 5.56 Å². The summed E-state index contributed by atoms with van der Waals surface area (Å²) in [5.74, 6) is 0.483. The number of rotatable bonds is 6. The molecule has 0 bridgehead atoms. The summed E-state index contributed by atoms with van der Waals surface area (Å²) in [6.07, 6.45) is 0.498. The maximum atomic E-state index is 12.8. The Kier molecular flexibility index (Phi) is 5.67. The molecule has 1 aromatic heterocycles. The number of sulfone groups is 1. The van der Waals surface area contributed by atoms with E-state index in [9.17, 15) is 13.2 Å². The van der Waals surface area contributed by atoms with E-state index < -0.39 is 15.1 Å². The second-order valence-electron chi connectivity index (χ2n) is 6.18. The molecule has 0 aliphatic carbocycles. The van der Waals surface area contributed by atoms with Gasteiger partial charge in [0.2, 0.25) is 11.8 Å². The summed E-state index contributed by atoms with van der Waals surface area (Å²) in [5, 5.41) is 7.90. The lowest BCUT2D eigenvalue weighted by Gasteiger charge is -2.28. The highest BCUT2D eigenvalue weighted by Crippen LogP contribution is 2.28. The van der Waals surface area contributed by atoms with Gasteiger partial charge in [0.15, 0.2) is 9.84 Å². The number of amides is 1. The van der Waals surface area contributed by atoms with Crippen LogP contribution in [0.3, 0.4) is 0 Å². The van der Waals surface area contributed by atoms with E-state index in [2.05, 4.69) is 10.2 Å². The first-order valence-corrected chi connectivity index (χ1v) is 11.2. The van der Waals surface area contributed by atoms with Gasteiger partial charge in [-0.25, -0.2) is 8.42 Å². The Hall–Kier alpha value is -1.87. The van der Waals surface area contributed by atoms with Gasteiger partial charge in [0.05, 0.1) is 16.8 Å². The molecule has 0 spiro atoms. The number of carbonyl (C=O) groups is 1. The topological polar surface area (TPSA) is 93.4 Å². The van der Waals surface area contributed by atoms with Gasteiger partial charge in [0, 0.05) is 18.2 Å². The Morgan fingerprint density at radius 2 is 2.08 bits per heavy atom. The van der Waals surface area contributed by atoms with Crippen molar-refractivity contribution in [2.45, 2.75) is 36.8 Å². The van der Waals surface area contributed by atoms with Crippen LogP contribution < -0.4 is 0 Å². The number of nitrogens with zero attached hydrogens (tertiary/aromatic N) is 3. The van der Waals surface area contributed by atoms with E-state index >= 15 is 0 Å². The average Bonchev–Trinajstić information content (AvgIpc) is 3.22. The van der Waals surface area contributed by atoms with E-state index in [-0.39, 0.29) is 23.5 Å². The molecule has 1 saturated heterocycles. The minimum Gasteiger partial charge on any atom is -0.411 e. The molecule has 2 heterocycles. The first-order valence-electron chi connectivity index (χ1n) is 8.46. The number of benzene rings is 1. The zero-order valence-electron chi connectivity index (χ0n) is 14.7. The fourth-order valence-electron chi connectivity index (χ4n) is 3.01. The maximum Gasteiger partial charge on any atom is 0.277 e. The largest absolute Gasteiger partial charge is 0.411 e. The van der Waals surface area contributed by atoms with Gasteiger partial charge in [-0.15, -0.1) is 10.2 Å². The molecule has 26 heavy (non-hydrogen) atoms. The average molecular weight is 396 g/mol. The number of aromatic nitrogens is 2. The van der Waals surface area contributed by atoms with Crippen LogP contribution in [0.5, 0.6) is 0 Å². The standard InChI is InChI=1S/C17H21N3O4S2/c1-3-20(14-9-10-26(22,23)11-14)16(21)12(2)25-17-19-18-15(24-17)13-7-5-4-6-8-13/h4-8,12,14H,3,9-11H2,1-2H3/t12-,14+/m0/s1. The van der Waals surface area contributed by atoms with Crippen molar-refractivity contribution in [3.63, 3.8) is 0 Å². The second kappa shape index (κ2) is 7.79. The van der Waals surface area contributed by atoms with Crippen molar-refractivity contribution in [3.05, 3.63) is 30.3 Å². The van der Waals surface area contributed by atoms with Gasteiger partial charge >= 0.3 is 0 Å². The summed E-state index contributed by atoms with van der Waals surface area (Å²) >= 11 is 1.19. The molecule has 0 unspecified atom stereocenters. The molecule has 2 aromatic rings. The van der Waals surface area contributed by atoms with Crippen molar-refractivity contribution in [2.75, 3.05) is 18.1 Å². The number of hydrogen-bond acceptors (Lipinski definition) is 7. The predicted octanol–water partition coefficient (Wildman–Crippen LogP) is 2.25. The zero-order valence-corrected chi connectivity index (χ0v) is 16.3. The zero-order chi connectivity index (χ0) is 18.7. The van der Waals surface area contributed by atoms with Gasteiger partial charge in [-0.1, -0.05) is 30.0 Å².